The van der Waals surface area contributed by atoms with E-state index in [1.165, 1.54) is 0 Å². The molecule has 18 heavy (non-hydrogen) atoms. The fourth-order valence-electron chi connectivity index (χ4n) is 2.21. The van der Waals surface area contributed by atoms with E-state index in [1.54, 1.807) is 24.3 Å². The molecule has 0 aromatic heterocycles. The van der Waals surface area contributed by atoms with E-state index in [-0.39, 0.29) is 23.8 Å². The summed E-state index contributed by atoms with van der Waals surface area (Å²) in [5.41, 5.74) is 0.735. The summed E-state index contributed by atoms with van der Waals surface area (Å²) < 4.78 is 0. The fourth-order valence-corrected chi connectivity index (χ4v) is 2.43. The van der Waals surface area contributed by atoms with Crippen LogP contribution in [0.25, 0.3) is 0 Å². The molecule has 2 rings (SSSR count). The molecule has 0 heterocycles. The van der Waals surface area contributed by atoms with Crippen molar-refractivity contribution in [1.29, 1.82) is 0 Å². The predicted octanol–water partition coefficient (Wildman–Crippen LogP) is 2.39. The van der Waals surface area contributed by atoms with Crippen molar-refractivity contribution >= 4 is 29.0 Å². The van der Waals surface area contributed by atoms with Crippen LogP contribution in [0.3, 0.4) is 0 Å². The van der Waals surface area contributed by atoms with E-state index in [2.05, 4.69) is 0 Å². The SMILES string of the molecule is O=C1CCCC(=O)C1C(=O)Cc1cccc(Cl)c1. The van der Waals surface area contributed by atoms with Crippen molar-refractivity contribution in [3.05, 3.63) is 34.9 Å². The highest BCUT2D eigenvalue weighted by molar-refractivity contribution is 6.30. The lowest BCUT2D eigenvalue weighted by Crippen LogP contribution is -2.36. The van der Waals surface area contributed by atoms with Crippen molar-refractivity contribution in [3.8, 4) is 0 Å². The van der Waals surface area contributed by atoms with Gasteiger partial charge in [0.2, 0.25) is 0 Å². The standard InChI is InChI=1S/C14H13ClO3/c15-10-4-1-3-9(7-10)8-13(18)14-11(16)5-2-6-12(14)17/h1,3-4,7,14H,2,5-6,8H2. The first kappa shape index (κ1) is 13.0. The van der Waals surface area contributed by atoms with E-state index in [0.29, 0.717) is 24.3 Å². The third kappa shape index (κ3) is 2.85. The Morgan fingerprint density at radius 1 is 1.22 bits per heavy atom. The summed E-state index contributed by atoms with van der Waals surface area (Å²) in [5.74, 6) is -1.83. The highest BCUT2D eigenvalue weighted by Gasteiger charge is 2.35. The van der Waals surface area contributed by atoms with Gasteiger partial charge in [0, 0.05) is 24.3 Å². The number of hydrogen-bond acceptors (Lipinski definition) is 3. The predicted molar refractivity (Wildman–Crippen MR) is 67.5 cm³/mol. The number of carbonyl (C=O) groups excluding carboxylic acids is 3. The van der Waals surface area contributed by atoms with Gasteiger partial charge in [-0.1, -0.05) is 23.7 Å². The molecule has 3 nitrogen and oxygen atoms in total. The first-order valence-electron chi connectivity index (χ1n) is 5.90. The van der Waals surface area contributed by atoms with Crippen molar-refractivity contribution in [2.75, 3.05) is 0 Å². The zero-order valence-electron chi connectivity index (χ0n) is 9.82. The largest absolute Gasteiger partial charge is 0.298 e. The molecule has 1 aliphatic carbocycles. The molecule has 1 saturated carbocycles. The normalized spacial score (nSPS) is 16.9. The van der Waals surface area contributed by atoms with Gasteiger partial charge in [0.15, 0.2) is 17.3 Å². The first-order chi connectivity index (χ1) is 8.58. The minimum absolute atomic E-state index is 0.0860. The molecule has 0 amide bonds. The molecule has 4 heteroatoms. The van der Waals surface area contributed by atoms with Gasteiger partial charge in [-0.05, 0) is 24.1 Å². The minimum atomic E-state index is -1.04. The average molecular weight is 265 g/mol. The van der Waals surface area contributed by atoms with Crippen LogP contribution >= 0.6 is 11.6 Å². The molecule has 1 aromatic rings. The number of halogens is 1. The van der Waals surface area contributed by atoms with Gasteiger partial charge in [-0.3, -0.25) is 14.4 Å². The molecular weight excluding hydrogens is 252 g/mol. The number of hydrogen-bond donors (Lipinski definition) is 0. The second-order valence-electron chi connectivity index (χ2n) is 4.49. The van der Waals surface area contributed by atoms with Crippen molar-refractivity contribution in [2.24, 2.45) is 5.92 Å². The maximum atomic E-state index is 12.0. The highest BCUT2D eigenvalue weighted by Crippen LogP contribution is 2.20. The Hall–Kier alpha value is -1.48. The molecule has 0 spiro atoms. The summed E-state index contributed by atoms with van der Waals surface area (Å²) >= 11 is 5.83. The lowest BCUT2D eigenvalue weighted by Gasteiger charge is -2.18. The van der Waals surface area contributed by atoms with E-state index in [0.717, 1.165) is 5.56 Å². The summed E-state index contributed by atoms with van der Waals surface area (Å²) in [6.45, 7) is 0. The number of carbonyl (C=O) groups is 3. The van der Waals surface area contributed by atoms with Crippen molar-refractivity contribution < 1.29 is 14.4 Å². The molecule has 1 fully saturated rings. The maximum absolute atomic E-state index is 12.0. The van der Waals surface area contributed by atoms with Crippen LogP contribution in [0.15, 0.2) is 24.3 Å². The molecule has 0 aliphatic heterocycles. The van der Waals surface area contributed by atoms with Gasteiger partial charge in [0.05, 0.1) is 0 Å². The van der Waals surface area contributed by atoms with Gasteiger partial charge in [0.25, 0.3) is 0 Å². The quantitative estimate of drug-likeness (QED) is 0.788. The molecular formula is C14H13ClO3. The topological polar surface area (TPSA) is 51.2 Å². The van der Waals surface area contributed by atoms with Crippen molar-refractivity contribution in [1.82, 2.24) is 0 Å². The Morgan fingerprint density at radius 2 is 1.89 bits per heavy atom. The van der Waals surface area contributed by atoms with Crippen molar-refractivity contribution in [2.45, 2.75) is 25.7 Å². The lowest BCUT2D eigenvalue weighted by atomic mass is 9.82. The summed E-state index contributed by atoms with van der Waals surface area (Å²) in [5, 5.41) is 0.543. The molecule has 0 unspecified atom stereocenters. The Morgan fingerprint density at radius 3 is 2.50 bits per heavy atom. The molecule has 94 valence electrons. The number of Topliss-reactive ketones (excluding diaryl/α,β-unsaturated/α-hetero) is 3. The Kier molecular flexibility index (Phi) is 3.92. The number of ketones is 3. The summed E-state index contributed by atoms with van der Waals surface area (Å²) in [4.78, 5) is 35.3. The molecule has 0 atom stereocenters. The smallest absolute Gasteiger partial charge is 0.155 e. The molecule has 0 saturated heterocycles. The van der Waals surface area contributed by atoms with E-state index in [1.807, 2.05) is 0 Å². The summed E-state index contributed by atoms with van der Waals surface area (Å²) in [7, 11) is 0. The molecule has 0 radical (unpaired) electrons. The maximum Gasteiger partial charge on any atom is 0.155 e. The molecule has 1 aliphatic rings. The van der Waals surface area contributed by atoms with E-state index >= 15 is 0 Å². The van der Waals surface area contributed by atoms with Gasteiger partial charge >= 0.3 is 0 Å². The lowest BCUT2D eigenvalue weighted by molar-refractivity contribution is -0.141. The Balaban J connectivity index is 2.12. The van der Waals surface area contributed by atoms with Gasteiger partial charge < -0.3 is 0 Å². The van der Waals surface area contributed by atoms with Crippen LogP contribution in [-0.2, 0) is 20.8 Å². The monoisotopic (exact) mass is 264 g/mol. The van der Waals surface area contributed by atoms with E-state index < -0.39 is 5.92 Å². The third-order valence-corrected chi connectivity index (χ3v) is 3.31. The fraction of sp³-hybridized carbons (Fsp3) is 0.357. The Labute approximate surface area is 110 Å². The molecule has 1 aromatic carbocycles. The van der Waals surface area contributed by atoms with Gasteiger partial charge in [-0.15, -0.1) is 0 Å². The number of rotatable bonds is 3. The van der Waals surface area contributed by atoms with Gasteiger partial charge in [-0.2, -0.15) is 0 Å². The van der Waals surface area contributed by atoms with Crippen LogP contribution in [0.5, 0.6) is 0 Å². The number of benzene rings is 1. The molecule has 0 bridgehead atoms. The van der Waals surface area contributed by atoms with E-state index in [4.69, 9.17) is 11.6 Å². The Bertz CT molecular complexity index is 492. The second-order valence-corrected chi connectivity index (χ2v) is 4.93. The zero-order chi connectivity index (χ0) is 13.1. The van der Waals surface area contributed by atoms with Crippen LogP contribution < -0.4 is 0 Å². The van der Waals surface area contributed by atoms with Crippen LogP contribution in [0.4, 0.5) is 0 Å². The van der Waals surface area contributed by atoms with E-state index in [9.17, 15) is 14.4 Å². The van der Waals surface area contributed by atoms with Gasteiger partial charge in [0.1, 0.15) is 5.92 Å². The van der Waals surface area contributed by atoms with Crippen molar-refractivity contribution in [3.63, 3.8) is 0 Å². The first-order valence-corrected chi connectivity index (χ1v) is 6.28. The summed E-state index contributed by atoms with van der Waals surface area (Å²) in [6.07, 6.45) is 1.32. The van der Waals surface area contributed by atoms with Crippen LogP contribution in [-0.4, -0.2) is 17.3 Å². The van der Waals surface area contributed by atoms with Crippen LogP contribution in [0.2, 0.25) is 5.02 Å². The highest BCUT2D eigenvalue weighted by atomic mass is 35.5. The van der Waals surface area contributed by atoms with Crippen LogP contribution in [0, 0.1) is 5.92 Å². The average Bonchev–Trinajstić information content (AvgIpc) is 2.28. The third-order valence-electron chi connectivity index (χ3n) is 3.08. The summed E-state index contributed by atoms with van der Waals surface area (Å²) in [6, 6.07) is 6.90. The molecule has 0 N–H and O–H groups in total. The zero-order valence-corrected chi connectivity index (χ0v) is 10.6. The van der Waals surface area contributed by atoms with Gasteiger partial charge in [-0.25, -0.2) is 0 Å². The minimum Gasteiger partial charge on any atom is -0.298 e. The van der Waals surface area contributed by atoms with Crippen LogP contribution in [0.1, 0.15) is 24.8 Å². The second kappa shape index (κ2) is 5.44.